The molecule has 8 heteroatoms. The lowest BCUT2D eigenvalue weighted by atomic mass is 10.0. The Hall–Kier alpha value is -2.90. The highest BCUT2D eigenvalue weighted by atomic mass is 19.1. The zero-order chi connectivity index (χ0) is 19.6. The fourth-order valence-corrected chi connectivity index (χ4v) is 3.52. The molecule has 144 valence electrons. The molecule has 2 aromatic rings. The minimum atomic E-state index is -0.990. The third-order valence-electron chi connectivity index (χ3n) is 5.02. The van der Waals surface area contributed by atoms with E-state index in [9.17, 15) is 14.0 Å². The number of likely N-dealkylation sites (tertiary alicyclic amines) is 1. The van der Waals surface area contributed by atoms with Crippen LogP contribution in [0.5, 0.6) is 5.75 Å². The summed E-state index contributed by atoms with van der Waals surface area (Å²) in [5, 5.41) is 13.4. The van der Waals surface area contributed by atoms with E-state index in [2.05, 4.69) is 5.10 Å². The summed E-state index contributed by atoms with van der Waals surface area (Å²) in [5.41, 5.74) is 1.35. The first kappa shape index (κ1) is 18.9. The number of piperidine rings is 1. The number of methoxy groups -OCH3 is 1. The summed E-state index contributed by atoms with van der Waals surface area (Å²) in [7, 11) is 1.49. The van der Waals surface area contributed by atoms with E-state index in [0.29, 0.717) is 42.9 Å². The van der Waals surface area contributed by atoms with E-state index >= 15 is 0 Å². The van der Waals surface area contributed by atoms with Crippen molar-refractivity contribution >= 4 is 11.9 Å². The molecule has 0 atom stereocenters. The van der Waals surface area contributed by atoms with Crippen molar-refractivity contribution in [3.63, 3.8) is 0 Å². The van der Waals surface area contributed by atoms with Gasteiger partial charge in [0, 0.05) is 18.7 Å². The van der Waals surface area contributed by atoms with E-state index < -0.39 is 11.8 Å². The van der Waals surface area contributed by atoms with Crippen LogP contribution in [0.15, 0.2) is 24.4 Å². The van der Waals surface area contributed by atoms with Gasteiger partial charge in [-0.25, -0.2) is 9.18 Å². The second-order valence-corrected chi connectivity index (χ2v) is 6.64. The van der Waals surface area contributed by atoms with Crippen LogP contribution in [0.1, 0.15) is 40.5 Å². The second kappa shape index (κ2) is 7.77. The van der Waals surface area contributed by atoms with Crippen LogP contribution >= 0.6 is 0 Å². The molecule has 3 rings (SSSR count). The van der Waals surface area contributed by atoms with Crippen molar-refractivity contribution in [3.05, 3.63) is 47.0 Å². The topological polar surface area (TPSA) is 84.7 Å². The van der Waals surface area contributed by atoms with Crippen molar-refractivity contribution in [2.24, 2.45) is 0 Å². The fraction of sp³-hybridized carbons (Fsp3) is 0.421. The highest BCUT2D eigenvalue weighted by Crippen LogP contribution is 2.26. The summed E-state index contributed by atoms with van der Waals surface area (Å²) in [4.78, 5) is 25.5. The molecule has 1 aromatic carbocycles. The van der Waals surface area contributed by atoms with Gasteiger partial charge in [-0.2, -0.15) is 5.10 Å². The maximum Gasteiger partial charge on any atom is 0.339 e. The van der Waals surface area contributed by atoms with Crippen LogP contribution in [0, 0.1) is 12.7 Å². The van der Waals surface area contributed by atoms with Crippen LogP contribution in [0.3, 0.4) is 0 Å². The smallest absolute Gasteiger partial charge is 0.339 e. The zero-order valence-electron chi connectivity index (χ0n) is 15.3. The average molecular weight is 375 g/mol. The molecule has 2 heterocycles. The maximum atomic E-state index is 13.5. The molecule has 0 unspecified atom stereocenters. The molecule has 1 fully saturated rings. The van der Waals surface area contributed by atoms with E-state index in [1.807, 2.05) is 0 Å². The van der Waals surface area contributed by atoms with Crippen LogP contribution in [0.4, 0.5) is 4.39 Å². The van der Waals surface area contributed by atoms with Crippen molar-refractivity contribution in [3.8, 4) is 5.75 Å². The van der Waals surface area contributed by atoms with Crippen molar-refractivity contribution in [2.45, 2.75) is 32.2 Å². The summed E-state index contributed by atoms with van der Waals surface area (Å²) in [6, 6.07) is 4.20. The summed E-state index contributed by atoms with van der Waals surface area (Å²) in [6.07, 6.45) is 2.82. The van der Waals surface area contributed by atoms with Crippen LogP contribution < -0.4 is 4.74 Å². The summed E-state index contributed by atoms with van der Waals surface area (Å²) < 4.78 is 20.4. The number of nitrogens with zero attached hydrogens (tertiary/aromatic N) is 3. The van der Waals surface area contributed by atoms with E-state index in [0.717, 1.165) is 0 Å². The Morgan fingerprint density at radius 3 is 2.63 bits per heavy atom. The summed E-state index contributed by atoms with van der Waals surface area (Å²) >= 11 is 0. The Labute approximate surface area is 156 Å². The number of rotatable bonds is 5. The van der Waals surface area contributed by atoms with Gasteiger partial charge in [-0.05, 0) is 38.0 Å². The summed E-state index contributed by atoms with van der Waals surface area (Å²) in [5.74, 6) is -0.982. The molecule has 0 radical (unpaired) electrons. The summed E-state index contributed by atoms with van der Waals surface area (Å²) in [6.45, 7) is 2.83. The highest BCUT2D eigenvalue weighted by Gasteiger charge is 2.27. The van der Waals surface area contributed by atoms with E-state index in [4.69, 9.17) is 9.84 Å². The predicted molar refractivity (Wildman–Crippen MR) is 95.4 cm³/mol. The molecule has 1 amide bonds. The van der Waals surface area contributed by atoms with E-state index in [1.54, 1.807) is 16.5 Å². The quantitative estimate of drug-likeness (QED) is 0.868. The number of aromatic carboxylic acids is 1. The Balaban J connectivity index is 1.63. The lowest BCUT2D eigenvalue weighted by Crippen LogP contribution is -2.40. The number of benzene rings is 1. The van der Waals surface area contributed by atoms with Gasteiger partial charge in [-0.3, -0.25) is 9.48 Å². The van der Waals surface area contributed by atoms with Crippen LogP contribution in [-0.4, -0.2) is 51.9 Å². The van der Waals surface area contributed by atoms with Gasteiger partial charge in [0.1, 0.15) is 17.1 Å². The molecule has 0 aliphatic carbocycles. The molecular weight excluding hydrogens is 353 g/mol. The fourth-order valence-electron chi connectivity index (χ4n) is 3.52. The average Bonchev–Trinajstić information content (AvgIpc) is 3.03. The standard InChI is InChI=1S/C19H22FN3O4/c1-12-16(19(25)26)11-21-23(12)15-5-7-22(8-6-15)18(24)10-13-9-14(20)3-4-17(13)27-2/h3-4,9,11,15H,5-8,10H2,1-2H3,(H,25,26). The molecule has 0 bridgehead atoms. The lowest BCUT2D eigenvalue weighted by Gasteiger charge is -2.32. The van der Waals surface area contributed by atoms with Gasteiger partial charge in [0.25, 0.3) is 0 Å². The van der Waals surface area contributed by atoms with Gasteiger partial charge in [0.2, 0.25) is 5.91 Å². The van der Waals surface area contributed by atoms with E-state index in [-0.39, 0.29) is 23.9 Å². The molecule has 7 nitrogen and oxygen atoms in total. The molecule has 1 aliphatic heterocycles. The molecule has 0 spiro atoms. The van der Waals surface area contributed by atoms with E-state index in [1.165, 1.54) is 31.5 Å². The number of carbonyl (C=O) groups excluding carboxylic acids is 1. The Morgan fingerprint density at radius 1 is 1.33 bits per heavy atom. The third kappa shape index (κ3) is 3.94. The van der Waals surface area contributed by atoms with Gasteiger partial charge in [0.05, 0.1) is 31.5 Å². The normalized spacial score (nSPS) is 15.0. The number of carboxylic acid groups (broad SMARTS) is 1. The molecule has 1 N–H and O–H groups in total. The molecular formula is C19H22FN3O4. The number of ether oxygens (including phenoxy) is 1. The number of hydrogen-bond acceptors (Lipinski definition) is 4. The number of hydrogen-bond donors (Lipinski definition) is 1. The molecule has 1 saturated heterocycles. The Bertz CT molecular complexity index is 857. The molecule has 1 aliphatic rings. The lowest BCUT2D eigenvalue weighted by molar-refractivity contribution is -0.131. The maximum absolute atomic E-state index is 13.5. The van der Waals surface area contributed by atoms with Crippen LogP contribution in [-0.2, 0) is 11.2 Å². The molecule has 1 aromatic heterocycles. The number of carboxylic acids is 1. The monoisotopic (exact) mass is 375 g/mol. The first-order chi connectivity index (χ1) is 12.9. The minimum absolute atomic E-state index is 0.0610. The van der Waals surface area contributed by atoms with Crippen molar-refractivity contribution < 1.29 is 23.8 Å². The van der Waals surface area contributed by atoms with Crippen LogP contribution in [0.2, 0.25) is 0 Å². The molecule has 0 saturated carbocycles. The van der Waals surface area contributed by atoms with Crippen LogP contribution in [0.25, 0.3) is 0 Å². The van der Waals surface area contributed by atoms with Gasteiger partial charge in [-0.1, -0.05) is 0 Å². The highest BCUT2D eigenvalue weighted by molar-refractivity contribution is 5.88. The Morgan fingerprint density at radius 2 is 2.04 bits per heavy atom. The number of aromatic nitrogens is 2. The Kier molecular flexibility index (Phi) is 5.43. The number of carbonyl (C=O) groups is 2. The van der Waals surface area contributed by atoms with Crippen molar-refractivity contribution in [1.29, 1.82) is 0 Å². The van der Waals surface area contributed by atoms with Gasteiger partial charge < -0.3 is 14.7 Å². The zero-order valence-corrected chi connectivity index (χ0v) is 15.3. The number of amides is 1. The third-order valence-corrected chi connectivity index (χ3v) is 5.02. The van der Waals surface area contributed by atoms with Gasteiger partial charge in [-0.15, -0.1) is 0 Å². The molecule has 27 heavy (non-hydrogen) atoms. The number of halogens is 1. The first-order valence-electron chi connectivity index (χ1n) is 8.78. The first-order valence-corrected chi connectivity index (χ1v) is 8.78. The largest absolute Gasteiger partial charge is 0.496 e. The second-order valence-electron chi connectivity index (χ2n) is 6.64. The van der Waals surface area contributed by atoms with Crippen molar-refractivity contribution in [1.82, 2.24) is 14.7 Å². The van der Waals surface area contributed by atoms with Gasteiger partial charge >= 0.3 is 5.97 Å². The minimum Gasteiger partial charge on any atom is -0.496 e. The predicted octanol–water partition coefficient (Wildman–Crippen LogP) is 2.44. The van der Waals surface area contributed by atoms with Gasteiger partial charge in [0.15, 0.2) is 0 Å². The van der Waals surface area contributed by atoms with Crippen molar-refractivity contribution in [2.75, 3.05) is 20.2 Å². The SMILES string of the molecule is COc1ccc(F)cc1CC(=O)N1CCC(n2ncc(C(=O)O)c2C)CC1.